The number of pyridine rings is 1. The van der Waals surface area contributed by atoms with E-state index in [-0.39, 0.29) is 0 Å². The van der Waals surface area contributed by atoms with Crippen LogP contribution >= 0.6 is 0 Å². The van der Waals surface area contributed by atoms with Crippen molar-refractivity contribution < 1.29 is 4.79 Å². The normalized spacial score (nSPS) is 16.6. The van der Waals surface area contributed by atoms with Crippen LogP contribution in [0.25, 0.3) is 0 Å². The second kappa shape index (κ2) is 7.89. The molecule has 0 atom stereocenters. The van der Waals surface area contributed by atoms with Crippen molar-refractivity contribution in [1.82, 2.24) is 9.88 Å². The minimum atomic E-state index is 0.669. The van der Waals surface area contributed by atoms with Gasteiger partial charge in [-0.15, -0.1) is 0 Å². The number of likely N-dealkylation sites (tertiary alicyclic amines) is 1. The molecule has 106 valence electrons. The summed E-state index contributed by atoms with van der Waals surface area (Å²) in [6.45, 7) is 9.91. The Balaban J connectivity index is 0.000000861. The van der Waals surface area contributed by atoms with Gasteiger partial charge in [0.1, 0.15) is 6.79 Å². The maximum Gasteiger partial charge on any atom is 0.106 e. The van der Waals surface area contributed by atoms with E-state index in [1.54, 1.807) is 0 Å². The fourth-order valence-corrected chi connectivity index (χ4v) is 2.50. The van der Waals surface area contributed by atoms with Crippen molar-refractivity contribution in [2.75, 3.05) is 31.6 Å². The molecule has 1 fully saturated rings. The minimum absolute atomic E-state index is 0.669. The molecule has 19 heavy (non-hydrogen) atoms. The van der Waals surface area contributed by atoms with Crippen LogP contribution in [0.3, 0.4) is 0 Å². The topological polar surface area (TPSA) is 36.4 Å². The van der Waals surface area contributed by atoms with Gasteiger partial charge in [0.25, 0.3) is 0 Å². The van der Waals surface area contributed by atoms with Crippen molar-refractivity contribution in [1.29, 1.82) is 0 Å². The van der Waals surface area contributed by atoms with Crippen LogP contribution in [0.5, 0.6) is 0 Å². The quantitative estimate of drug-likeness (QED) is 0.837. The molecule has 1 aromatic rings. The van der Waals surface area contributed by atoms with Crippen LogP contribution in [0.1, 0.15) is 25.5 Å². The van der Waals surface area contributed by atoms with E-state index in [9.17, 15) is 0 Å². The summed E-state index contributed by atoms with van der Waals surface area (Å²) in [6, 6.07) is 4.93. The van der Waals surface area contributed by atoms with Crippen molar-refractivity contribution >= 4 is 12.5 Å². The average Bonchev–Trinajstić information content (AvgIpc) is 2.49. The molecule has 1 aliphatic heterocycles. The van der Waals surface area contributed by atoms with E-state index in [1.165, 1.54) is 38.2 Å². The number of carbonyl (C=O) groups excluding carboxylic acids is 1. The number of piperidine rings is 1. The third kappa shape index (κ3) is 4.31. The molecule has 1 saturated heterocycles. The molecular formula is C15H25N3O. The molecule has 2 heterocycles. The highest BCUT2D eigenvalue weighted by atomic mass is 16.1. The zero-order chi connectivity index (χ0) is 14.3. The van der Waals surface area contributed by atoms with Crippen LogP contribution in [0.4, 0.5) is 5.69 Å². The molecule has 1 aliphatic rings. The number of anilines is 1. The molecule has 4 heteroatoms. The lowest BCUT2D eigenvalue weighted by molar-refractivity contribution is -0.0979. The van der Waals surface area contributed by atoms with E-state index in [2.05, 4.69) is 40.9 Å². The molecule has 0 amide bonds. The number of aromatic nitrogens is 1. The standard InChI is InChI=1S/C14H23N3.CH2O/c1-4-17-9-7-13(8-10-17)16(3)14-6-5-12(2)15-11-14;1-2/h5-6,11,13H,4,7-10H2,1-3H3;1H2. The summed E-state index contributed by atoms with van der Waals surface area (Å²) in [5.74, 6) is 0. The summed E-state index contributed by atoms with van der Waals surface area (Å²) in [5.41, 5.74) is 2.33. The van der Waals surface area contributed by atoms with Gasteiger partial charge in [-0.25, -0.2) is 0 Å². The lowest BCUT2D eigenvalue weighted by Gasteiger charge is -2.37. The van der Waals surface area contributed by atoms with Crippen molar-refractivity contribution in [3.63, 3.8) is 0 Å². The molecule has 1 aromatic heterocycles. The van der Waals surface area contributed by atoms with Gasteiger partial charge in [-0.3, -0.25) is 4.98 Å². The molecule has 0 saturated carbocycles. The lowest BCUT2D eigenvalue weighted by Crippen LogP contribution is -2.43. The van der Waals surface area contributed by atoms with E-state index in [0.29, 0.717) is 6.04 Å². The summed E-state index contributed by atoms with van der Waals surface area (Å²) in [5, 5.41) is 0. The number of hydrogen-bond acceptors (Lipinski definition) is 4. The SMILES string of the molecule is C=O.CCN1CCC(N(C)c2ccc(C)nc2)CC1. The summed E-state index contributed by atoms with van der Waals surface area (Å²) in [4.78, 5) is 17.3. The second-order valence-corrected chi connectivity index (χ2v) is 4.93. The zero-order valence-corrected chi connectivity index (χ0v) is 12.3. The highest BCUT2D eigenvalue weighted by Crippen LogP contribution is 2.21. The van der Waals surface area contributed by atoms with Gasteiger partial charge in [0, 0.05) is 31.9 Å². The Hall–Kier alpha value is -1.42. The van der Waals surface area contributed by atoms with Crippen LogP contribution < -0.4 is 4.90 Å². The first-order valence-corrected chi connectivity index (χ1v) is 6.87. The Labute approximate surface area is 116 Å². The van der Waals surface area contributed by atoms with E-state index in [0.717, 1.165) is 5.69 Å². The number of aryl methyl sites for hydroxylation is 1. The van der Waals surface area contributed by atoms with E-state index >= 15 is 0 Å². The van der Waals surface area contributed by atoms with Crippen LogP contribution in [-0.2, 0) is 4.79 Å². The Morgan fingerprint density at radius 1 is 1.37 bits per heavy atom. The molecule has 2 rings (SSSR count). The fraction of sp³-hybridized carbons (Fsp3) is 0.600. The number of nitrogens with zero attached hydrogens (tertiary/aromatic N) is 3. The minimum Gasteiger partial charge on any atom is -0.370 e. The Morgan fingerprint density at radius 2 is 2.00 bits per heavy atom. The zero-order valence-electron chi connectivity index (χ0n) is 12.3. The fourth-order valence-electron chi connectivity index (χ4n) is 2.50. The van der Waals surface area contributed by atoms with Crippen LogP contribution in [-0.4, -0.2) is 49.4 Å². The molecule has 0 spiro atoms. The van der Waals surface area contributed by atoms with Crippen LogP contribution in [0.2, 0.25) is 0 Å². The predicted octanol–water partition coefficient (Wildman–Crippen LogP) is 2.13. The largest absolute Gasteiger partial charge is 0.370 e. The van der Waals surface area contributed by atoms with Gasteiger partial charge in [0.15, 0.2) is 0 Å². The molecule has 0 N–H and O–H groups in total. The highest BCUT2D eigenvalue weighted by Gasteiger charge is 2.21. The molecule has 0 aliphatic carbocycles. The molecule has 0 unspecified atom stereocenters. The molecular weight excluding hydrogens is 238 g/mol. The van der Waals surface area contributed by atoms with Crippen molar-refractivity contribution in [2.45, 2.75) is 32.7 Å². The number of hydrogen-bond donors (Lipinski definition) is 0. The van der Waals surface area contributed by atoms with Crippen LogP contribution in [0, 0.1) is 6.92 Å². The molecule has 4 nitrogen and oxygen atoms in total. The smallest absolute Gasteiger partial charge is 0.106 e. The Bertz CT molecular complexity index is 358. The van der Waals surface area contributed by atoms with Gasteiger partial charge in [0.05, 0.1) is 11.9 Å². The van der Waals surface area contributed by atoms with E-state index < -0.39 is 0 Å². The molecule has 0 radical (unpaired) electrons. The maximum absolute atomic E-state index is 8.00. The summed E-state index contributed by atoms with van der Waals surface area (Å²) in [6.07, 6.45) is 4.51. The van der Waals surface area contributed by atoms with Crippen LogP contribution in [0.15, 0.2) is 18.3 Å². The van der Waals surface area contributed by atoms with Gasteiger partial charge >= 0.3 is 0 Å². The maximum atomic E-state index is 8.00. The van der Waals surface area contributed by atoms with Crippen molar-refractivity contribution in [2.24, 2.45) is 0 Å². The van der Waals surface area contributed by atoms with Crippen molar-refractivity contribution in [3.8, 4) is 0 Å². The average molecular weight is 263 g/mol. The van der Waals surface area contributed by atoms with Crippen molar-refractivity contribution in [3.05, 3.63) is 24.0 Å². The van der Waals surface area contributed by atoms with E-state index in [1.807, 2.05) is 19.9 Å². The van der Waals surface area contributed by atoms with Gasteiger partial charge < -0.3 is 14.6 Å². The first kappa shape index (κ1) is 15.6. The molecule has 0 bridgehead atoms. The summed E-state index contributed by atoms with van der Waals surface area (Å²) < 4.78 is 0. The predicted molar refractivity (Wildman–Crippen MR) is 79.6 cm³/mol. The summed E-state index contributed by atoms with van der Waals surface area (Å²) in [7, 11) is 2.19. The lowest BCUT2D eigenvalue weighted by atomic mass is 10.0. The number of carbonyl (C=O) groups is 1. The highest BCUT2D eigenvalue weighted by molar-refractivity contribution is 5.44. The third-order valence-corrected chi connectivity index (χ3v) is 3.86. The third-order valence-electron chi connectivity index (χ3n) is 3.86. The Kier molecular flexibility index (Phi) is 6.50. The monoisotopic (exact) mass is 263 g/mol. The Morgan fingerprint density at radius 3 is 2.47 bits per heavy atom. The van der Waals surface area contributed by atoms with Gasteiger partial charge in [0.2, 0.25) is 0 Å². The first-order chi connectivity index (χ1) is 9.20. The first-order valence-electron chi connectivity index (χ1n) is 6.87. The van der Waals surface area contributed by atoms with Gasteiger partial charge in [-0.1, -0.05) is 6.92 Å². The van der Waals surface area contributed by atoms with E-state index in [4.69, 9.17) is 4.79 Å². The van der Waals surface area contributed by atoms with Gasteiger partial charge in [-0.2, -0.15) is 0 Å². The molecule has 0 aromatic carbocycles. The second-order valence-electron chi connectivity index (χ2n) is 4.93. The number of rotatable bonds is 3. The van der Waals surface area contributed by atoms with Gasteiger partial charge in [-0.05, 0) is 38.4 Å². The summed E-state index contributed by atoms with van der Waals surface area (Å²) >= 11 is 0.